The molecule has 0 aliphatic carbocycles. The van der Waals surface area contributed by atoms with Crippen LogP contribution in [0.25, 0.3) is 11.6 Å². The Kier molecular flexibility index (Phi) is 12.9. The fraction of sp³-hybridized carbons (Fsp3) is 0.382. The van der Waals surface area contributed by atoms with Crippen molar-refractivity contribution < 1.29 is 14.0 Å². The Labute approximate surface area is 250 Å². The highest BCUT2D eigenvalue weighted by molar-refractivity contribution is 5.94. The van der Waals surface area contributed by atoms with Gasteiger partial charge in [0, 0.05) is 86.8 Å². The number of anilines is 1. The molecule has 0 spiro atoms. The second-order valence-corrected chi connectivity index (χ2v) is 10.6. The number of aryl methyl sites for hydroxylation is 2. The predicted molar refractivity (Wildman–Crippen MR) is 173 cm³/mol. The summed E-state index contributed by atoms with van der Waals surface area (Å²) in [6.07, 6.45) is 11.1. The molecule has 0 unspecified atom stereocenters. The Balaban J connectivity index is 0.00000301. The first-order valence-corrected chi connectivity index (χ1v) is 14.3. The lowest BCUT2D eigenvalue weighted by molar-refractivity contribution is -0.104. The van der Waals surface area contributed by atoms with E-state index in [1.165, 1.54) is 16.5 Å². The molecule has 0 atom stereocenters. The number of carbonyl (C=O) groups excluding carboxylic acids is 2. The maximum absolute atomic E-state index is 15.1. The fourth-order valence-electron chi connectivity index (χ4n) is 4.78. The maximum Gasteiger partial charge on any atom is 0.253 e. The molecule has 0 saturated heterocycles. The molecule has 8 heteroatoms. The van der Waals surface area contributed by atoms with E-state index in [-0.39, 0.29) is 11.7 Å². The Hall–Kier alpha value is -4.04. The summed E-state index contributed by atoms with van der Waals surface area (Å²) >= 11 is 0. The van der Waals surface area contributed by atoms with E-state index in [1.54, 1.807) is 39.4 Å². The number of allylic oxidation sites excluding steroid dienone is 2. The molecule has 1 aliphatic rings. The van der Waals surface area contributed by atoms with Crippen LogP contribution < -0.4 is 10.6 Å². The molecule has 0 fully saturated rings. The third-order valence-corrected chi connectivity index (χ3v) is 7.07. The predicted octanol–water partition coefficient (Wildman–Crippen LogP) is 6.14. The minimum atomic E-state index is -0.350. The minimum Gasteiger partial charge on any atom is -0.398 e. The van der Waals surface area contributed by atoms with Gasteiger partial charge in [-0.15, -0.1) is 0 Å². The Morgan fingerprint density at radius 2 is 1.86 bits per heavy atom. The summed E-state index contributed by atoms with van der Waals surface area (Å²) in [5.41, 5.74) is 13.7. The Bertz CT molecular complexity index is 1380. The first kappa shape index (κ1) is 34.2. The molecule has 0 bridgehead atoms. The first-order valence-electron chi connectivity index (χ1n) is 14.3. The number of rotatable bonds is 9. The zero-order chi connectivity index (χ0) is 31.6. The van der Waals surface area contributed by atoms with Crippen molar-refractivity contribution in [3.05, 3.63) is 93.4 Å². The number of halogens is 1. The molecule has 0 saturated carbocycles. The third kappa shape index (κ3) is 8.73. The van der Waals surface area contributed by atoms with Crippen molar-refractivity contribution in [1.82, 2.24) is 14.8 Å². The van der Waals surface area contributed by atoms with Gasteiger partial charge in [0.1, 0.15) is 12.1 Å². The molecule has 1 aliphatic heterocycles. The van der Waals surface area contributed by atoms with Gasteiger partial charge in [-0.2, -0.15) is 0 Å². The molecular formula is C34H46FN5O2. The standard InChI is InChI=1S/C32H40FN5O2.C2H6/c1-21(16-27-24(4)35-12-8-30(27)37(7)13-11-29(34)23(3)20-39)19-38-14-9-25(10-15-38)31-22(2)17-26(18-28(31)33)32(40)36(5)6;1-2/h8-9,11-13,16-18,20H,10,14-15,19,34H2,1-7H3;1-2H3/b13-11-,21-16+,29-23+;. The number of aldehydes is 1. The van der Waals surface area contributed by atoms with Crippen molar-refractivity contribution >= 4 is 29.5 Å². The first-order chi connectivity index (χ1) is 19.9. The quantitative estimate of drug-likeness (QED) is 0.220. The van der Waals surface area contributed by atoms with E-state index in [0.717, 1.165) is 53.9 Å². The van der Waals surface area contributed by atoms with Gasteiger partial charge in [-0.1, -0.05) is 31.6 Å². The SMILES string of the molecule is C/C(=C\c1c(N(C)/C=C\C(N)=C(\C)C=O)ccnc1C)CN1CC=C(c2c(C)cc(C(=O)N(C)C)cc2F)CC1.CC. The van der Waals surface area contributed by atoms with Crippen molar-refractivity contribution in [1.29, 1.82) is 0 Å². The third-order valence-electron chi connectivity index (χ3n) is 7.07. The lowest BCUT2D eigenvalue weighted by atomic mass is 9.93. The lowest BCUT2D eigenvalue weighted by Gasteiger charge is -2.28. The number of hydrogen-bond acceptors (Lipinski definition) is 6. The number of carbonyl (C=O) groups is 2. The largest absolute Gasteiger partial charge is 0.398 e. The van der Waals surface area contributed by atoms with E-state index in [1.807, 2.05) is 51.9 Å². The zero-order valence-corrected chi connectivity index (χ0v) is 26.6. The molecule has 7 nitrogen and oxygen atoms in total. The second kappa shape index (κ2) is 15.8. The van der Waals surface area contributed by atoms with Crippen LogP contribution in [-0.4, -0.2) is 67.8 Å². The number of aromatic nitrogens is 1. The summed E-state index contributed by atoms with van der Waals surface area (Å²) in [5.74, 6) is -0.555. The number of hydrogen-bond donors (Lipinski definition) is 1. The lowest BCUT2D eigenvalue weighted by Crippen LogP contribution is -2.30. The van der Waals surface area contributed by atoms with Crippen LogP contribution in [0.5, 0.6) is 0 Å². The van der Waals surface area contributed by atoms with E-state index < -0.39 is 0 Å². The summed E-state index contributed by atoms with van der Waals surface area (Å²) < 4.78 is 15.1. The molecule has 2 aromatic rings. The second-order valence-electron chi connectivity index (χ2n) is 10.6. The molecule has 2 heterocycles. The number of benzene rings is 1. The van der Waals surface area contributed by atoms with Crippen LogP contribution in [0.15, 0.2) is 59.6 Å². The highest BCUT2D eigenvalue weighted by atomic mass is 19.1. The van der Waals surface area contributed by atoms with Crippen molar-refractivity contribution in [3.63, 3.8) is 0 Å². The van der Waals surface area contributed by atoms with Crippen LogP contribution in [-0.2, 0) is 4.79 Å². The van der Waals surface area contributed by atoms with E-state index in [2.05, 4.69) is 29.0 Å². The summed E-state index contributed by atoms with van der Waals surface area (Å²) in [4.78, 5) is 33.5. The number of pyridine rings is 1. The van der Waals surface area contributed by atoms with E-state index in [4.69, 9.17) is 5.73 Å². The van der Waals surface area contributed by atoms with Crippen LogP contribution in [0, 0.1) is 19.7 Å². The molecule has 1 amide bonds. The van der Waals surface area contributed by atoms with Gasteiger partial charge in [0.2, 0.25) is 0 Å². The van der Waals surface area contributed by atoms with Gasteiger partial charge in [0.25, 0.3) is 5.91 Å². The van der Waals surface area contributed by atoms with Crippen molar-refractivity contribution in [2.45, 2.75) is 48.0 Å². The van der Waals surface area contributed by atoms with Gasteiger partial charge in [0.05, 0.1) is 5.69 Å². The minimum absolute atomic E-state index is 0.206. The molecule has 226 valence electrons. The smallest absolute Gasteiger partial charge is 0.253 e. The Morgan fingerprint density at radius 3 is 2.43 bits per heavy atom. The van der Waals surface area contributed by atoms with E-state index in [0.29, 0.717) is 28.9 Å². The molecular weight excluding hydrogens is 529 g/mol. The van der Waals surface area contributed by atoms with Gasteiger partial charge in [0.15, 0.2) is 0 Å². The number of amides is 1. The van der Waals surface area contributed by atoms with Crippen molar-refractivity contribution in [3.8, 4) is 0 Å². The van der Waals surface area contributed by atoms with Crippen LogP contribution in [0.4, 0.5) is 10.1 Å². The summed E-state index contributed by atoms with van der Waals surface area (Å²) in [6, 6.07) is 5.07. The van der Waals surface area contributed by atoms with Crippen molar-refractivity contribution in [2.75, 3.05) is 45.7 Å². The highest BCUT2D eigenvalue weighted by Gasteiger charge is 2.20. The molecule has 1 aromatic heterocycles. The number of nitrogens with two attached hydrogens (primary N) is 1. The van der Waals surface area contributed by atoms with Gasteiger partial charge in [-0.05, 0) is 69.5 Å². The molecule has 2 N–H and O–H groups in total. The van der Waals surface area contributed by atoms with Crippen LogP contribution in [0.2, 0.25) is 0 Å². The molecule has 1 aromatic carbocycles. The van der Waals surface area contributed by atoms with Crippen LogP contribution in [0.3, 0.4) is 0 Å². The topological polar surface area (TPSA) is 82.8 Å². The summed E-state index contributed by atoms with van der Waals surface area (Å²) in [7, 11) is 5.26. The van der Waals surface area contributed by atoms with E-state index >= 15 is 4.39 Å². The maximum atomic E-state index is 15.1. The number of nitrogens with zero attached hydrogens (tertiary/aromatic N) is 4. The normalized spacial score (nSPS) is 14.5. The van der Waals surface area contributed by atoms with Crippen molar-refractivity contribution in [2.24, 2.45) is 5.73 Å². The molecule has 42 heavy (non-hydrogen) atoms. The van der Waals surface area contributed by atoms with E-state index in [9.17, 15) is 9.59 Å². The van der Waals surface area contributed by atoms with Gasteiger partial charge >= 0.3 is 0 Å². The highest BCUT2D eigenvalue weighted by Crippen LogP contribution is 2.30. The van der Waals surface area contributed by atoms with Gasteiger partial charge in [-0.25, -0.2) is 4.39 Å². The monoisotopic (exact) mass is 575 g/mol. The Morgan fingerprint density at radius 1 is 1.17 bits per heavy atom. The summed E-state index contributed by atoms with van der Waals surface area (Å²) in [6.45, 7) is 13.9. The van der Waals surface area contributed by atoms with Crippen LogP contribution in [0.1, 0.15) is 66.9 Å². The van der Waals surface area contributed by atoms with Gasteiger partial charge in [-0.3, -0.25) is 19.5 Å². The average Bonchev–Trinajstić information content (AvgIpc) is 2.97. The average molecular weight is 576 g/mol. The molecule has 0 radical (unpaired) electrons. The zero-order valence-electron chi connectivity index (χ0n) is 26.6. The molecule has 3 rings (SSSR count). The van der Waals surface area contributed by atoms with Crippen LogP contribution >= 0.6 is 0 Å². The fourth-order valence-corrected chi connectivity index (χ4v) is 4.78. The summed E-state index contributed by atoms with van der Waals surface area (Å²) in [5, 5.41) is 0. The van der Waals surface area contributed by atoms with Gasteiger partial charge < -0.3 is 15.5 Å².